The van der Waals surface area contributed by atoms with E-state index < -0.39 is 0 Å². The highest BCUT2D eigenvalue weighted by molar-refractivity contribution is 6.33. The van der Waals surface area contributed by atoms with Gasteiger partial charge in [-0.1, -0.05) is 105 Å². The summed E-state index contributed by atoms with van der Waals surface area (Å²) in [6, 6.07) is 19.7. The smallest absolute Gasteiger partial charge is 0.00260 e. The molecule has 0 spiro atoms. The van der Waals surface area contributed by atoms with Crippen LogP contribution in [0.5, 0.6) is 0 Å². The molecule has 0 unspecified atom stereocenters. The Kier molecular flexibility index (Phi) is 5.02. The second-order valence-corrected chi connectivity index (χ2v) is 12.1. The summed E-state index contributed by atoms with van der Waals surface area (Å²) in [5, 5.41) is 11.3. The van der Waals surface area contributed by atoms with Crippen molar-refractivity contribution in [3.05, 3.63) is 70.8 Å². The fourth-order valence-corrected chi connectivity index (χ4v) is 5.38. The first kappa shape index (κ1) is 22.2. The summed E-state index contributed by atoms with van der Waals surface area (Å²) < 4.78 is 0. The molecule has 33 heavy (non-hydrogen) atoms. The second-order valence-electron chi connectivity index (χ2n) is 12.1. The van der Waals surface area contributed by atoms with Crippen molar-refractivity contribution in [2.75, 3.05) is 0 Å². The maximum atomic E-state index is 2.49. The lowest BCUT2D eigenvalue weighted by atomic mass is 9.80. The molecule has 0 aliphatic carbocycles. The highest BCUT2D eigenvalue weighted by Crippen LogP contribution is 2.45. The molecule has 0 radical (unpaired) electrons. The van der Waals surface area contributed by atoms with Crippen LogP contribution in [0.2, 0.25) is 0 Å². The fourth-order valence-electron chi connectivity index (χ4n) is 5.38. The number of hydrogen-bond acceptors (Lipinski definition) is 0. The third-order valence-corrected chi connectivity index (χ3v) is 7.61. The molecule has 5 aromatic rings. The quantitative estimate of drug-likeness (QED) is 0.196. The highest BCUT2D eigenvalue weighted by atomic mass is 14.2. The van der Waals surface area contributed by atoms with Crippen LogP contribution in [0.4, 0.5) is 0 Å². The van der Waals surface area contributed by atoms with Gasteiger partial charge in [0.1, 0.15) is 0 Å². The van der Waals surface area contributed by atoms with Gasteiger partial charge in [0.2, 0.25) is 0 Å². The molecule has 0 saturated carbocycles. The van der Waals surface area contributed by atoms with E-state index in [0.717, 1.165) is 0 Å². The molecule has 0 aliphatic rings. The van der Waals surface area contributed by atoms with Crippen molar-refractivity contribution >= 4 is 43.1 Å². The minimum absolute atomic E-state index is 0.106. The molecule has 0 aliphatic heterocycles. The topological polar surface area (TPSA) is 0 Å². The molecule has 5 rings (SSSR count). The Morgan fingerprint density at radius 2 is 0.788 bits per heavy atom. The van der Waals surface area contributed by atoms with Crippen molar-refractivity contribution in [2.24, 2.45) is 0 Å². The van der Waals surface area contributed by atoms with E-state index in [0.29, 0.717) is 17.8 Å². The highest BCUT2D eigenvalue weighted by Gasteiger charge is 2.21. The maximum Gasteiger partial charge on any atom is -0.00260 e. The molecule has 5 aromatic carbocycles. The molecular formula is C33H38. The van der Waals surface area contributed by atoms with Gasteiger partial charge in [0.25, 0.3) is 0 Å². The Morgan fingerprint density at radius 1 is 0.455 bits per heavy atom. The SMILES string of the molecule is CC(C)c1cc2cc(C(C)C)cc3c4cc(C(C)(C)C)cc5cc(C(C)C)cc(c(c1)c23)c54. The van der Waals surface area contributed by atoms with Crippen LogP contribution in [0.25, 0.3) is 43.1 Å². The van der Waals surface area contributed by atoms with E-state index in [2.05, 4.69) is 111 Å². The fraction of sp³-hybridized carbons (Fsp3) is 0.394. The Hall–Kier alpha value is -2.60. The normalized spacial score (nSPS) is 13.2. The van der Waals surface area contributed by atoms with Gasteiger partial charge in [-0.25, -0.2) is 0 Å². The average Bonchev–Trinajstić information content (AvgIpc) is 2.74. The largest absolute Gasteiger partial charge is 0.0587 e. The zero-order valence-electron chi connectivity index (χ0n) is 21.9. The van der Waals surface area contributed by atoms with Gasteiger partial charge in [-0.05, 0) is 94.6 Å². The van der Waals surface area contributed by atoms with Crippen molar-refractivity contribution in [1.29, 1.82) is 0 Å². The third kappa shape index (κ3) is 3.50. The van der Waals surface area contributed by atoms with Gasteiger partial charge in [-0.15, -0.1) is 0 Å². The Labute approximate surface area is 199 Å². The van der Waals surface area contributed by atoms with E-state index in [1.54, 1.807) is 0 Å². The predicted octanol–water partition coefficient (Wildman–Crippen LogP) is 10.4. The monoisotopic (exact) mass is 434 g/mol. The molecule has 0 heterocycles. The van der Waals surface area contributed by atoms with Crippen molar-refractivity contribution in [3.63, 3.8) is 0 Å². The lowest BCUT2D eigenvalue weighted by Gasteiger charge is -2.24. The maximum absolute atomic E-state index is 2.49. The minimum atomic E-state index is 0.106. The van der Waals surface area contributed by atoms with Crippen LogP contribution in [-0.4, -0.2) is 0 Å². The summed E-state index contributed by atoms with van der Waals surface area (Å²) in [5.74, 6) is 1.51. The summed E-state index contributed by atoms with van der Waals surface area (Å²) in [7, 11) is 0. The van der Waals surface area contributed by atoms with Crippen molar-refractivity contribution < 1.29 is 0 Å². The first-order valence-corrected chi connectivity index (χ1v) is 12.7. The van der Waals surface area contributed by atoms with Crippen molar-refractivity contribution in [1.82, 2.24) is 0 Å². The molecule has 0 aromatic heterocycles. The summed E-state index contributed by atoms with van der Waals surface area (Å²) in [6.07, 6.45) is 0. The van der Waals surface area contributed by atoms with Crippen LogP contribution in [0.3, 0.4) is 0 Å². The third-order valence-electron chi connectivity index (χ3n) is 7.61. The first-order chi connectivity index (χ1) is 15.5. The molecule has 0 nitrogen and oxygen atoms in total. The average molecular weight is 435 g/mol. The molecule has 0 atom stereocenters. The number of hydrogen-bond donors (Lipinski definition) is 0. The van der Waals surface area contributed by atoms with E-state index in [1.165, 1.54) is 65.3 Å². The Balaban J connectivity index is 2.12. The molecule has 170 valence electrons. The second kappa shape index (κ2) is 7.45. The summed E-state index contributed by atoms with van der Waals surface area (Å²) >= 11 is 0. The molecule has 0 heteroatoms. The Bertz CT molecular complexity index is 1500. The standard InChI is InChI=1S/C33H38/c1-18(2)21-10-24-11-22(19(3)4)16-29-30-17-26(33(7,8)9)13-25-12-23(20(5)6)15-28(32(25)30)27(14-21)31(24)29/h10-20H,1-9H3. The van der Waals surface area contributed by atoms with Gasteiger partial charge in [-0.3, -0.25) is 0 Å². The van der Waals surface area contributed by atoms with Crippen LogP contribution < -0.4 is 0 Å². The number of rotatable bonds is 3. The summed E-state index contributed by atoms with van der Waals surface area (Å²) in [4.78, 5) is 0. The van der Waals surface area contributed by atoms with Crippen molar-refractivity contribution in [2.45, 2.75) is 85.5 Å². The van der Waals surface area contributed by atoms with Crippen LogP contribution in [0, 0.1) is 0 Å². The minimum Gasteiger partial charge on any atom is -0.0587 e. The molecule has 0 amide bonds. The van der Waals surface area contributed by atoms with Gasteiger partial charge in [0.15, 0.2) is 0 Å². The van der Waals surface area contributed by atoms with E-state index in [4.69, 9.17) is 0 Å². The lowest BCUT2D eigenvalue weighted by Crippen LogP contribution is -2.11. The first-order valence-electron chi connectivity index (χ1n) is 12.7. The zero-order valence-corrected chi connectivity index (χ0v) is 21.9. The van der Waals surface area contributed by atoms with E-state index in [-0.39, 0.29) is 5.41 Å². The van der Waals surface area contributed by atoms with Gasteiger partial charge < -0.3 is 0 Å². The van der Waals surface area contributed by atoms with Crippen LogP contribution in [0.1, 0.15) is 102 Å². The predicted molar refractivity (Wildman–Crippen MR) is 149 cm³/mol. The zero-order chi connectivity index (χ0) is 23.8. The molecule has 0 saturated heterocycles. The van der Waals surface area contributed by atoms with Gasteiger partial charge in [-0.2, -0.15) is 0 Å². The van der Waals surface area contributed by atoms with E-state index >= 15 is 0 Å². The molecule has 0 fully saturated rings. The van der Waals surface area contributed by atoms with Gasteiger partial charge in [0, 0.05) is 0 Å². The summed E-state index contributed by atoms with van der Waals surface area (Å²) in [6.45, 7) is 20.9. The molecular weight excluding hydrogens is 396 g/mol. The van der Waals surface area contributed by atoms with Gasteiger partial charge >= 0.3 is 0 Å². The van der Waals surface area contributed by atoms with Gasteiger partial charge in [0.05, 0.1) is 0 Å². The molecule has 0 N–H and O–H groups in total. The van der Waals surface area contributed by atoms with E-state index in [1.807, 2.05) is 0 Å². The molecule has 0 bridgehead atoms. The summed E-state index contributed by atoms with van der Waals surface area (Å²) in [5.41, 5.74) is 5.82. The Morgan fingerprint density at radius 3 is 1.12 bits per heavy atom. The number of benzene rings is 5. The lowest BCUT2D eigenvalue weighted by molar-refractivity contribution is 0.592. The van der Waals surface area contributed by atoms with Crippen LogP contribution in [-0.2, 0) is 5.41 Å². The van der Waals surface area contributed by atoms with Crippen LogP contribution in [0.15, 0.2) is 48.5 Å². The van der Waals surface area contributed by atoms with E-state index in [9.17, 15) is 0 Å². The van der Waals surface area contributed by atoms with Crippen LogP contribution >= 0.6 is 0 Å². The van der Waals surface area contributed by atoms with Crippen molar-refractivity contribution in [3.8, 4) is 0 Å². The number of fused-ring (bicyclic) bond motifs is 2.